The number of aromatic hydroxyl groups is 1. The largest absolute Gasteiger partial charge is 0.508 e. The zero-order valence-corrected chi connectivity index (χ0v) is 16.2. The van der Waals surface area contributed by atoms with Crippen molar-refractivity contribution >= 4 is 21.4 Å². The third-order valence-electron chi connectivity index (χ3n) is 5.71. The number of amides is 1. The first-order chi connectivity index (χ1) is 12.3. The topological polar surface area (TPSA) is 82.4 Å². The van der Waals surface area contributed by atoms with E-state index in [-0.39, 0.29) is 35.2 Å². The quantitative estimate of drug-likeness (QED) is 0.708. The summed E-state index contributed by atoms with van der Waals surface area (Å²) in [4.78, 5) is 17.9. The van der Waals surface area contributed by atoms with Crippen LogP contribution >= 0.6 is 0 Å². The van der Waals surface area contributed by atoms with E-state index in [1.54, 1.807) is 24.1 Å². The standard InChI is InChI=1S/C18H27N3O4S/c1-14(18(23)19(2)16-7-12-26(24,25)13-16)20-8-10-21(11-9-20)15-3-5-17(22)6-4-15/h3-6,14,16,22H,7-13H2,1-2H3/p+1/t14-,16-/m1/s1. The van der Waals surface area contributed by atoms with E-state index < -0.39 is 9.84 Å². The fraction of sp³-hybridized carbons (Fsp3) is 0.611. The van der Waals surface area contributed by atoms with Gasteiger partial charge in [-0.15, -0.1) is 0 Å². The van der Waals surface area contributed by atoms with E-state index in [1.165, 1.54) is 4.90 Å². The summed E-state index contributed by atoms with van der Waals surface area (Å²) in [6, 6.07) is 6.82. The highest BCUT2D eigenvalue weighted by Gasteiger charge is 2.37. The lowest BCUT2D eigenvalue weighted by molar-refractivity contribution is -0.915. The fourth-order valence-electron chi connectivity index (χ4n) is 3.89. The zero-order valence-electron chi connectivity index (χ0n) is 15.4. The molecule has 1 aromatic rings. The molecule has 2 N–H and O–H groups in total. The van der Waals surface area contributed by atoms with Crippen molar-refractivity contribution in [1.82, 2.24) is 4.90 Å². The Morgan fingerprint density at radius 1 is 1.27 bits per heavy atom. The number of hydrogen-bond acceptors (Lipinski definition) is 5. The Bertz CT molecular complexity index is 742. The van der Waals surface area contributed by atoms with E-state index in [9.17, 15) is 18.3 Å². The Labute approximate surface area is 155 Å². The van der Waals surface area contributed by atoms with Gasteiger partial charge < -0.3 is 19.8 Å². The Hall–Kier alpha value is -1.80. The van der Waals surface area contributed by atoms with Gasteiger partial charge in [0.1, 0.15) is 5.75 Å². The lowest BCUT2D eigenvalue weighted by Gasteiger charge is -2.37. The normalized spacial score (nSPS) is 24.4. The van der Waals surface area contributed by atoms with Gasteiger partial charge in [-0.1, -0.05) is 0 Å². The van der Waals surface area contributed by atoms with Gasteiger partial charge in [0, 0.05) is 18.8 Å². The molecule has 3 rings (SSSR count). The number of piperazine rings is 1. The van der Waals surface area contributed by atoms with Crippen LogP contribution in [0.5, 0.6) is 5.75 Å². The van der Waals surface area contributed by atoms with E-state index in [2.05, 4.69) is 4.90 Å². The van der Waals surface area contributed by atoms with Crippen molar-refractivity contribution in [2.75, 3.05) is 49.6 Å². The maximum absolute atomic E-state index is 12.8. The third-order valence-corrected chi connectivity index (χ3v) is 7.46. The van der Waals surface area contributed by atoms with Crippen LogP contribution in [-0.2, 0) is 14.6 Å². The molecular weight excluding hydrogens is 354 g/mol. The Kier molecular flexibility index (Phi) is 5.43. The van der Waals surface area contributed by atoms with E-state index in [0.29, 0.717) is 6.42 Å². The van der Waals surface area contributed by atoms with Gasteiger partial charge >= 0.3 is 0 Å². The second-order valence-electron chi connectivity index (χ2n) is 7.39. The van der Waals surface area contributed by atoms with Gasteiger partial charge in [0.25, 0.3) is 5.91 Å². The summed E-state index contributed by atoms with van der Waals surface area (Å²) in [6.07, 6.45) is 0.543. The molecule has 2 atom stereocenters. The van der Waals surface area contributed by atoms with E-state index in [0.717, 1.165) is 31.9 Å². The van der Waals surface area contributed by atoms with Crippen LogP contribution in [0.2, 0.25) is 0 Å². The highest BCUT2D eigenvalue weighted by molar-refractivity contribution is 7.91. The van der Waals surface area contributed by atoms with Gasteiger partial charge in [-0.25, -0.2) is 8.42 Å². The van der Waals surface area contributed by atoms with Crippen LogP contribution in [0.15, 0.2) is 24.3 Å². The molecule has 2 saturated heterocycles. The summed E-state index contributed by atoms with van der Waals surface area (Å²) < 4.78 is 23.3. The van der Waals surface area contributed by atoms with Crippen molar-refractivity contribution in [3.63, 3.8) is 0 Å². The molecule has 2 heterocycles. The van der Waals surface area contributed by atoms with Gasteiger partial charge in [-0.05, 0) is 37.6 Å². The molecule has 1 amide bonds. The number of likely N-dealkylation sites (N-methyl/N-ethyl adjacent to an activating group) is 1. The maximum Gasteiger partial charge on any atom is 0.280 e. The third kappa shape index (κ3) is 4.12. The zero-order chi connectivity index (χ0) is 18.9. The van der Waals surface area contributed by atoms with Crippen LogP contribution in [0.25, 0.3) is 0 Å². The smallest absolute Gasteiger partial charge is 0.280 e. The molecule has 1 aromatic carbocycles. The lowest BCUT2D eigenvalue weighted by Crippen LogP contribution is -3.19. The number of benzene rings is 1. The summed E-state index contributed by atoms with van der Waals surface area (Å²) in [6.45, 7) is 5.33. The number of hydrogen-bond donors (Lipinski definition) is 2. The molecule has 0 saturated carbocycles. The van der Waals surface area contributed by atoms with Crippen molar-refractivity contribution < 1.29 is 23.2 Å². The van der Waals surface area contributed by atoms with Crippen LogP contribution in [-0.4, -0.2) is 81.1 Å². The molecule has 8 heteroatoms. The molecule has 2 aliphatic heterocycles. The van der Waals surface area contributed by atoms with Crippen molar-refractivity contribution in [3.8, 4) is 5.75 Å². The number of nitrogens with zero attached hydrogens (tertiary/aromatic N) is 2. The molecule has 144 valence electrons. The molecule has 7 nitrogen and oxygen atoms in total. The number of sulfone groups is 1. The second-order valence-corrected chi connectivity index (χ2v) is 9.62. The fourth-order valence-corrected chi connectivity index (χ4v) is 5.66. The van der Waals surface area contributed by atoms with Crippen LogP contribution in [0.1, 0.15) is 13.3 Å². The number of anilines is 1. The van der Waals surface area contributed by atoms with Crippen molar-refractivity contribution in [2.45, 2.75) is 25.4 Å². The average molecular weight is 383 g/mol. The predicted octanol–water partition coefficient (Wildman–Crippen LogP) is -0.869. The van der Waals surface area contributed by atoms with Crippen LogP contribution in [0, 0.1) is 0 Å². The lowest BCUT2D eigenvalue weighted by atomic mass is 10.1. The average Bonchev–Trinajstić information content (AvgIpc) is 3.00. The summed E-state index contributed by atoms with van der Waals surface area (Å²) >= 11 is 0. The highest BCUT2D eigenvalue weighted by Crippen LogP contribution is 2.19. The van der Waals surface area contributed by atoms with E-state index in [1.807, 2.05) is 19.1 Å². The molecule has 0 spiro atoms. The summed E-state index contributed by atoms with van der Waals surface area (Å²) in [5, 5.41) is 9.40. The van der Waals surface area contributed by atoms with Gasteiger partial charge in [0.05, 0.1) is 37.7 Å². The molecule has 2 fully saturated rings. The molecule has 26 heavy (non-hydrogen) atoms. The maximum atomic E-state index is 12.8. The number of quaternary nitrogens is 1. The first-order valence-corrected chi connectivity index (χ1v) is 10.9. The minimum atomic E-state index is -2.99. The number of nitrogens with one attached hydrogen (secondary N) is 1. The molecule has 0 aromatic heterocycles. The Morgan fingerprint density at radius 3 is 2.42 bits per heavy atom. The molecule has 0 aliphatic carbocycles. The molecular formula is C18H28N3O4S+. The first-order valence-electron chi connectivity index (χ1n) is 9.12. The minimum absolute atomic E-state index is 0.0279. The number of rotatable bonds is 4. The monoisotopic (exact) mass is 382 g/mol. The summed E-state index contributed by atoms with van der Waals surface area (Å²) in [5.41, 5.74) is 1.08. The van der Waals surface area contributed by atoms with Gasteiger partial charge in [0.15, 0.2) is 15.9 Å². The van der Waals surface area contributed by atoms with Crippen LogP contribution < -0.4 is 9.80 Å². The minimum Gasteiger partial charge on any atom is -0.508 e. The van der Waals surface area contributed by atoms with Crippen molar-refractivity contribution in [1.29, 1.82) is 0 Å². The molecule has 2 aliphatic rings. The predicted molar refractivity (Wildman–Crippen MR) is 100 cm³/mol. The Balaban J connectivity index is 1.55. The number of carbonyl (C=O) groups is 1. The van der Waals surface area contributed by atoms with Crippen LogP contribution in [0.4, 0.5) is 5.69 Å². The molecule has 0 bridgehead atoms. The van der Waals surface area contributed by atoms with Crippen molar-refractivity contribution in [3.05, 3.63) is 24.3 Å². The van der Waals surface area contributed by atoms with E-state index >= 15 is 0 Å². The second kappa shape index (κ2) is 7.44. The first kappa shape index (κ1) is 19.0. The van der Waals surface area contributed by atoms with E-state index in [4.69, 9.17) is 0 Å². The summed E-state index contributed by atoms with van der Waals surface area (Å²) in [7, 11) is -1.26. The van der Waals surface area contributed by atoms with Gasteiger partial charge in [-0.3, -0.25) is 4.79 Å². The molecule has 0 radical (unpaired) electrons. The highest BCUT2D eigenvalue weighted by atomic mass is 32.2. The van der Waals surface area contributed by atoms with Crippen LogP contribution in [0.3, 0.4) is 0 Å². The molecule has 0 unspecified atom stereocenters. The van der Waals surface area contributed by atoms with Gasteiger partial charge in [0.2, 0.25) is 0 Å². The Morgan fingerprint density at radius 2 is 1.88 bits per heavy atom. The van der Waals surface area contributed by atoms with Gasteiger partial charge in [-0.2, -0.15) is 0 Å². The number of phenolic OH excluding ortho intramolecular Hbond substituents is 1. The SMILES string of the molecule is C[C@H](C(=O)N(C)[C@@H]1CCS(=O)(=O)C1)[NH+]1CCN(c2ccc(O)cc2)CC1. The van der Waals surface area contributed by atoms with Crippen molar-refractivity contribution in [2.24, 2.45) is 0 Å². The summed E-state index contributed by atoms with van der Waals surface area (Å²) in [5.74, 6) is 0.558. The number of carbonyl (C=O) groups excluding carboxylic acids is 1. The number of phenols is 1.